The lowest BCUT2D eigenvalue weighted by Gasteiger charge is -2.55. The van der Waals surface area contributed by atoms with Crippen molar-refractivity contribution in [2.24, 2.45) is 29.1 Å². The van der Waals surface area contributed by atoms with Crippen LogP contribution in [0.15, 0.2) is 11.3 Å². The molecule has 4 aliphatic carbocycles. The monoisotopic (exact) mass is 304 g/mol. The molecule has 0 amide bonds. The molecular weight excluding hydrogens is 276 g/mol. The van der Waals surface area contributed by atoms with Crippen molar-refractivity contribution in [1.82, 2.24) is 0 Å². The Labute approximate surface area is 132 Å². The van der Waals surface area contributed by atoms with Crippen molar-refractivity contribution in [1.29, 1.82) is 0 Å². The normalized spacial score (nSPS) is 51.3. The Hall–Kier alpha value is -0.830. The number of Topliss-reactive ketones (excluding diaryl/α,β-unsaturated/α-hetero) is 1. The summed E-state index contributed by atoms with van der Waals surface area (Å²) < 4.78 is 0. The van der Waals surface area contributed by atoms with Gasteiger partial charge in [0.05, 0.1) is 5.60 Å². The van der Waals surface area contributed by atoms with Gasteiger partial charge in [0.15, 0.2) is 11.5 Å². The molecule has 3 fully saturated rings. The third-order valence-electron chi connectivity index (χ3n) is 8.02. The van der Waals surface area contributed by atoms with Crippen molar-refractivity contribution >= 4 is 5.78 Å². The zero-order chi connectivity index (χ0) is 15.7. The topological polar surface area (TPSA) is 57.5 Å². The maximum absolute atomic E-state index is 11.8. The van der Waals surface area contributed by atoms with Crippen molar-refractivity contribution < 1.29 is 15.0 Å². The van der Waals surface area contributed by atoms with E-state index in [4.69, 9.17) is 0 Å². The highest BCUT2D eigenvalue weighted by Crippen LogP contribution is 2.64. The molecule has 22 heavy (non-hydrogen) atoms. The van der Waals surface area contributed by atoms with Crippen molar-refractivity contribution in [3.05, 3.63) is 11.3 Å². The first kappa shape index (κ1) is 14.7. The van der Waals surface area contributed by atoms with Crippen LogP contribution in [0.1, 0.15) is 65.2 Å². The average molecular weight is 304 g/mol. The molecule has 2 N–H and O–H groups in total. The van der Waals surface area contributed by atoms with Gasteiger partial charge in [-0.1, -0.05) is 6.92 Å². The summed E-state index contributed by atoms with van der Waals surface area (Å²) in [6.07, 6.45) is 7.72. The zero-order valence-electron chi connectivity index (χ0n) is 13.8. The maximum Gasteiger partial charge on any atom is 0.197 e. The Morgan fingerprint density at radius 3 is 2.55 bits per heavy atom. The zero-order valence-corrected chi connectivity index (χ0v) is 13.8. The first-order valence-corrected chi connectivity index (χ1v) is 9.03. The van der Waals surface area contributed by atoms with E-state index in [1.807, 2.05) is 6.92 Å². The molecule has 0 radical (unpaired) electrons. The summed E-state index contributed by atoms with van der Waals surface area (Å²) in [6.45, 7) is 4.33. The van der Waals surface area contributed by atoms with Crippen LogP contribution in [0.2, 0.25) is 0 Å². The van der Waals surface area contributed by atoms with Crippen molar-refractivity contribution in [3.8, 4) is 0 Å². The fourth-order valence-electron chi connectivity index (χ4n) is 6.51. The lowest BCUT2D eigenvalue weighted by molar-refractivity contribution is -0.121. The van der Waals surface area contributed by atoms with Crippen LogP contribution in [-0.2, 0) is 4.79 Å². The van der Waals surface area contributed by atoms with Gasteiger partial charge in [0.2, 0.25) is 0 Å². The van der Waals surface area contributed by atoms with Gasteiger partial charge < -0.3 is 10.2 Å². The number of carbonyl (C=O) groups excluding carboxylic acids is 1. The summed E-state index contributed by atoms with van der Waals surface area (Å²) in [5.74, 6) is 2.37. The number of allylic oxidation sites excluding steroid dienone is 1. The van der Waals surface area contributed by atoms with Crippen LogP contribution in [0.25, 0.3) is 0 Å². The van der Waals surface area contributed by atoms with Crippen LogP contribution in [-0.4, -0.2) is 21.6 Å². The van der Waals surface area contributed by atoms with Gasteiger partial charge >= 0.3 is 0 Å². The highest BCUT2D eigenvalue weighted by Gasteiger charge is 2.60. The SMILES string of the molecule is C[C@]1(O)CC[C@H]2[C@@H]3CCC4=C(O)C(=O)CC[C@@H]4[C@H]3CC[C@@]21C. The minimum Gasteiger partial charge on any atom is -0.504 e. The van der Waals surface area contributed by atoms with Crippen LogP contribution in [0, 0.1) is 29.1 Å². The van der Waals surface area contributed by atoms with E-state index >= 15 is 0 Å². The Morgan fingerprint density at radius 2 is 1.77 bits per heavy atom. The Morgan fingerprint density at radius 1 is 1.00 bits per heavy atom. The molecule has 3 nitrogen and oxygen atoms in total. The second-order valence-corrected chi connectivity index (χ2v) is 8.68. The molecule has 6 atom stereocenters. The quantitative estimate of drug-likeness (QED) is 0.716. The van der Waals surface area contributed by atoms with E-state index in [9.17, 15) is 15.0 Å². The van der Waals surface area contributed by atoms with E-state index in [0.717, 1.165) is 50.5 Å². The second kappa shape index (κ2) is 4.59. The van der Waals surface area contributed by atoms with Gasteiger partial charge in [0, 0.05) is 6.42 Å². The number of carbonyl (C=O) groups is 1. The molecule has 0 aromatic heterocycles. The molecule has 122 valence electrons. The van der Waals surface area contributed by atoms with Crippen LogP contribution in [0.5, 0.6) is 0 Å². The number of fused-ring (bicyclic) bond motifs is 5. The summed E-state index contributed by atoms with van der Waals surface area (Å²) in [7, 11) is 0. The molecule has 0 heterocycles. The number of hydrogen-bond donors (Lipinski definition) is 2. The first-order valence-electron chi connectivity index (χ1n) is 9.03. The Bertz CT molecular complexity index is 547. The summed E-state index contributed by atoms with van der Waals surface area (Å²) in [5, 5.41) is 21.0. The highest BCUT2D eigenvalue weighted by molar-refractivity contribution is 5.94. The molecular formula is C19H28O3. The smallest absolute Gasteiger partial charge is 0.197 e. The van der Waals surface area contributed by atoms with Gasteiger partial charge in [-0.05, 0) is 86.5 Å². The maximum atomic E-state index is 11.8. The van der Waals surface area contributed by atoms with Crippen molar-refractivity contribution in [2.45, 2.75) is 70.8 Å². The van der Waals surface area contributed by atoms with Gasteiger partial charge in [-0.3, -0.25) is 4.79 Å². The van der Waals surface area contributed by atoms with Crippen LogP contribution >= 0.6 is 0 Å². The van der Waals surface area contributed by atoms with Crippen molar-refractivity contribution in [3.63, 3.8) is 0 Å². The molecule has 0 aliphatic heterocycles. The van der Waals surface area contributed by atoms with Gasteiger partial charge in [0.1, 0.15) is 0 Å². The third kappa shape index (κ3) is 1.75. The van der Waals surface area contributed by atoms with E-state index in [2.05, 4.69) is 6.92 Å². The minimum absolute atomic E-state index is 0.0471. The predicted octanol–water partition coefficient (Wildman–Crippen LogP) is 3.76. The molecule has 0 bridgehead atoms. The van der Waals surface area contributed by atoms with Crippen molar-refractivity contribution in [2.75, 3.05) is 0 Å². The molecule has 0 saturated heterocycles. The predicted molar refractivity (Wildman–Crippen MR) is 84.3 cm³/mol. The third-order valence-corrected chi connectivity index (χ3v) is 8.02. The van der Waals surface area contributed by atoms with Crippen LogP contribution < -0.4 is 0 Å². The fraction of sp³-hybridized carbons (Fsp3) is 0.842. The summed E-state index contributed by atoms with van der Waals surface area (Å²) in [5.41, 5.74) is 0.594. The second-order valence-electron chi connectivity index (χ2n) is 8.68. The Balaban J connectivity index is 1.67. The van der Waals surface area contributed by atoms with E-state index in [-0.39, 0.29) is 17.0 Å². The van der Waals surface area contributed by atoms with Gasteiger partial charge in [0.25, 0.3) is 0 Å². The number of aliphatic hydroxyl groups excluding tert-OH is 1. The van der Waals surface area contributed by atoms with E-state index in [1.54, 1.807) is 0 Å². The molecule has 0 aromatic carbocycles. The lowest BCUT2D eigenvalue weighted by Crippen LogP contribution is -2.51. The average Bonchev–Trinajstić information content (AvgIpc) is 2.73. The first-order chi connectivity index (χ1) is 10.3. The van der Waals surface area contributed by atoms with Gasteiger partial charge in [-0.15, -0.1) is 0 Å². The molecule has 0 spiro atoms. The summed E-state index contributed by atoms with van der Waals surface area (Å²) in [6, 6.07) is 0. The molecule has 4 rings (SSSR count). The largest absolute Gasteiger partial charge is 0.504 e. The van der Waals surface area contributed by atoms with E-state index in [0.29, 0.717) is 30.1 Å². The Kier molecular flexibility index (Phi) is 3.08. The van der Waals surface area contributed by atoms with Gasteiger partial charge in [-0.2, -0.15) is 0 Å². The number of ketones is 1. The number of hydrogen-bond acceptors (Lipinski definition) is 3. The highest BCUT2D eigenvalue weighted by atomic mass is 16.3. The molecule has 4 aliphatic rings. The molecule has 3 heteroatoms. The van der Waals surface area contributed by atoms with Crippen LogP contribution in [0.3, 0.4) is 0 Å². The molecule has 0 unspecified atom stereocenters. The summed E-state index contributed by atoms with van der Waals surface area (Å²) >= 11 is 0. The molecule has 0 aromatic rings. The molecule has 3 saturated carbocycles. The standard InChI is InChI=1S/C19H28O3/c1-18-9-7-12-11-5-6-16(20)17(21)14(11)4-3-13(12)15(18)8-10-19(18,2)22/h11-13,15,21-22H,3-10H2,1-2H3/t11-,12-,13-,15+,18+,19+/m1/s1. The van der Waals surface area contributed by atoms with E-state index in [1.165, 1.54) is 0 Å². The number of rotatable bonds is 0. The summed E-state index contributed by atoms with van der Waals surface area (Å²) in [4.78, 5) is 11.8. The van der Waals surface area contributed by atoms with E-state index < -0.39 is 5.60 Å². The fourth-order valence-corrected chi connectivity index (χ4v) is 6.51. The minimum atomic E-state index is -0.524. The lowest BCUT2D eigenvalue weighted by atomic mass is 9.50. The van der Waals surface area contributed by atoms with Crippen LogP contribution in [0.4, 0.5) is 0 Å². The van der Waals surface area contributed by atoms with Gasteiger partial charge in [-0.25, -0.2) is 0 Å². The number of aliphatic hydroxyl groups is 2.